The van der Waals surface area contributed by atoms with Gasteiger partial charge in [0.25, 0.3) is 0 Å². The third-order valence-corrected chi connectivity index (χ3v) is 18.6. The molecule has 0 saturated carbocycles. The highest BCUT2D eigenvalue weighted by atomic mass is 28.4. The minimum absolute atomic E-state index is 0.260. The van der Waals surface area contributed by atoms with Crippen LogP contribution in [-0.2, 0) is 0 Å². The van der Waals surface area contributed by atoms with Gasteiger partial charge in [0, 0.05) is 19.0 Å². The molecule has 0 nitrogen and oxygen atoms in total. The summed E-state index contributed by atoms with van der Waals surface area (Å²) in [6.07, 6.45) is 0. The summed E-state index contributed by atoms with van der Waals surface area (Å²) in [5.74, 6) is 0. The summed E-state index contributed by atoms with van der Waals surface area (Å²) in [7, 11) is -0.0317. The Hall–Kier alpha value is -0.129. The van der Waals surface area contributed by atoms with E-state index in [0.29, 0.717) is 0 Å². The summed E-state index contributed by atoms with van der Waals surface area (Å²) < 4.78 is 0. The molecular formula is C10H20Si3. The first kappa shape index (κ1) is 10.9. The lowest BCUT2D eigenvalue weighted by Crippen LogP contribution is -2.36. The zero-order valence-corrected chi connectivity index (χ0v) is 12.9. The standard InChI is InChI=1S/C10H20Si3/c1-11-10(12-2)13(3)9-7-5-4-6-8-9/h4-8,10,13H,11-12H2,1-3H3. The van der Waals surface area contributed by atoms with Gasteiger partial charge in [0.15, 0.2) is 0 Å². The van der Waals surface area contributed by atoms with Crippen molar-refractivity contribution >= 4 is 33.0 Å². The SMILES string of the molecule is C[SiH2]C([SiH2]C)[SiH](C)c1ccccc1. The van der Waals surface area contributed by atoms with Crippen LogP contribution >= 0.6 is 0 Å². The quantitative estimate of drug-likeness (QED) is 0.653. The molecule has 0 aliphatic rings. The molecule has 3 heteroatoms. The molecule has 0 bridgehead atoms. The van der Waals surface area contributed by atoms with Crippen molar-refractivity contribution in [3.05, 3.63) is 30.3 Å². The van der Waals surface area contributed by atoms with E-state index in [9.17, 15) is 0 Å². The molecular weight excluding hydrogens is 204 g/mol. The van der Waals surface area contributed by atoms with E-state index >= 15 is 0 Å². The molecule has 0 saturated heterocycles. The highest BCUT2D eigenvalue weighted by Crippen LogP contribution is 2.06. The average Bonchev–Trinajstić information content (AvgIpc) is 2.21. The average molecular weight is 225 g/mol. The first-order valence-corrected chi connectivity index (χ1v) is 12.2. The van der Waals surface area contributed by atoms with Crippen molar-refractivity contribution in [1.29, 1.82) is 0 Å². The van der Waals surface area contributed by atoms with Gasteiger partial charge >= 0.3 is 0 Å². The Morgan fingerprint density at radius 3 is 2.08 bits per heavy atom. The Labute approximate surface area is 88.0 Å². The summed E-state index contributed by atoms with van der Waals surface area (Å²) >= 11 is 0. The van der Waals surface area contributed by atoms with Gasteiger partial charge in [-0.15, -0.1) is 0 Å². The molecule has 0 spiro atoms. The van der Waals surface area contributed by atoms with Crippen molar-refractivity contribution in [2.24, 2.45) is 0 Å². The van der Waals surface area contributed by atoms with Gasteiger partial charge in [-0.3, -0.25) is 0 Å². The van der Waals surface area contributed by atoms with Crippen molar-refractivity contribution in [2.45, 2.75) is 24.4 Å². The topological polar surface area (TPSA) is 0 Å². The number of hydrogen-bond acceptors (Lipinski definition) is 0. The lowest BCUT2D eigenvalue weighted by atomic mass is 10.4. The second-order valence-corrected chi connectivity index (χ2v) is 13.7. The second kappa shape index (κ2) is 5.57. The van der Waals surface area contributed by atoms with Crippen molar-refractivity contribution < 1.29 is 0 Å². The van der Waals surface area contributed by atoms with Crippen LogP contribution in [0.3, 0.4) is 0 Å². The molecule has 1 aromatic rings. The van der Waals surface area contributed by atoms with Gasteiger partial charge in [0.05, 0.1) is 8.80 Å². The van der Waals surface area contributed by atoms with Crippen LogP contribution < -0.4 is 5.19 Å². The van der Waals surface area contributed by atoms with Gasteiger partial charge < -0.3 is 0 Å². The molecule has 0 N–H and O–H groups in total. The van der Waals surface area contributed by atoms with Crippen LogP contribution in [-0.4, -0.2) is 27.8 Å². The molecule has 0 aliphatic carbocycles. The van der Waals surface area contributed by atoms with Gasteiger partial charge in [0.2, 0.25) is 0 Å². The molecule has 1 aromatic carbocycles. The molecule has 0 aliphatic heterocycles. The van der Waals surface area contributed by atoms with E-state index in [1.165, 1.54) is 4.79 Å². The molecule has 72 valence electrons. The summed E-state index contributed by atoms with van der Waals surface area (Å²) in [5.41, 5.74) is 0. The van der Waals surface area contributed by atoms with Gasteiger partial charge in [-0.25, -0.2) is 0 Å². The van der Waals surface area contributed by atoms with Crippen molar-refractivity contribution in [3.8, 4) is 0 Å². The van der Waals surface area contributed by atoms with E-state index in [1.54, 1.807) is 5.19 Å². The van der Waals surface area contributed by atoms with Gasteiger partial charge in [-0.2, -0.15) is 0 Å². The van der Waals surface area contributed by atoms with Gasteiger partial charge in [-0.1, -0.05) is 59.9 Å². The summed E-state index contributed by atoms with van der Waals surface area (Å²) in [6, 6.07) is 11.2. The Bertz CT molecular complexity index is 231. The molecule has 0 aromatic heterocycles. The molecule has 1 atom stereocenters. The summed E-state index contributed by atoms with van der Waals surface area (Å²) in [5, 5.41) is 1.69. The summed E-state index contributed by atoms with van der Waals surface area (Å²) in [6.45, 7) is 7.54. The number of rotatable bonds is 4. The molecule has 0 fully saturated rings. The maximum absolute atomic E-state index is 2.55. The summed E-state index contributed by atoms with van der Waals surface area (Å²) in [4.78, 5) is 1.25. The van der Waals surface area contributed by atoms with E-state index in [0.717, 1.165) is 0 Å². The van der Waals surface area contributed by atoms with Crippen molar-refractivity contribution in [1.82, 2.24) is 0 Å². The minimum atomic E-state index is -0.552. The Morgan fingerprint density at radius 1 is 1.08 bits per heavy atom. The fourth-order valence-corrected chi connectivity index (χ4v) is 13.0. The highest BCUT2D eigenvalue weighted by Gasteiger charge is 2.16. The van der Waals surface area contributed by atoms with Crippen LogP contribution in [0.2, 0.25) is 24.4 Å². The predicted octanol–water partition coefficient (Wildman–Crippen LogP) is 0.469. The molecule has 1 unspecified atom stereocenters. The lowest BCUT2D eigenvalue weighted by molar-refractivity contribution is 1.63. The fourth-order valence-electron chi connectivity index (χ4n) is 2.02. The lowest BCUT2D eigenvalue weighted by Gasteiger charge is -2.19. The first-order chi connectivity index (χ1) is 6.29. The molecule has 0 amide bonds. The number of benzene rings is 1. The minimum Gasteiger partial charge on any atom is -0.0751 e. The maximum atomic E-state index is 2.55. The Morgan fingerprint density at radius 2 is 1.62 bits per heavy atom. The van der Waals surface area contributed by atoms with Crippen molar-refractivity contribution in [3.63, 3.8) is 0 Å². The third kappa shape index (κ3) is 2.93. The van der Waals surface area contributed by atoms with Gasteiger partial charge in [0.1, 0.15) is 0 Å². The van der Waals surface area contributed by atoms with Gasteiger partial charge in [-0.05, 0) is 0 Å². The fraction of sp³-hybridized carbons (Fsp3) is 0.400. The second-order valence-electron chi connectivity index (χ2n) is 3.78. The monoisotopic (exact) mass is 224 g/mol. The number of hydrogen-bond donors (Lipinski definition) is 0. The van der Waals surface area contributed by atoms with Crippen LogP contribution in [0.15, 0.2) is 30.3 Å². The van der Waals surface area contributed by atoms with E-state index in [1.807, 2.05) is 0 Å². The smallest absolute Gasteiger partial charge is 0.0646 e. The predicted molar refractivity (Wildman–Crippen MR) is 71.7 cm³/mol. The zero-order valence-electron chi connectivity index (χ0n) is 8.96. The molecule has 0 radical (unpaired) electrons. The van der Waals surface area contributed by atoms with E-state index in [4.69, 9.17) is 0 Å². The normalized spacial score (nSPS) is 17.2. The van der Waals surface area contributed by atoms with E-state index in [-0.39, 0.29) is 19.0 Å². The van der Waals surface area contributed by atoms with Crippen LogP contribution in [0.5, 0.6) is 0 Å². The van der Waals surface area contributed by atoms with E-state index < -0.39 is 8.80 Å². The largest absolute Gasteiger partial charge is 0.0751 e. The maximum Gasteiger partial charge on any atom is 0.0646 e. The van der Waals surface area contributed by atoms with Crippen molar-refractivity contribution in [2.75, 3.05) is 0 Å². The first-order valence-electron chi connectivity index (χ1n) is 5.34. The Balaban J connectivity index is 2.72. The van der Waals surface area contributed by atoms with E-state index in [2.05, 4.69) is 50.0 Å². The zero-order chi connectivity index (χ0) is 9.68. The third-order valence-electron chi connectivity index (χ3n) is 3.08. The Kier molecular flexibility index (Phi) is 4.69. The van der Waals surface area contributed by atoms with Crippen LogP contribution in [0.25, 0.3) is 0 Å². The van der Waals surface area contributed by atoms with Crippen LogP contribution in [0.4, 0.5) is 0 Å². The molecule has 13 heavy (non-hydrogen) atoms. The molecule has 1 rings (SSSR count). The highest BCUT2D eigenvalue weighted by molar-refractivity contribution is 6.90. The molecule has 0 heterocycles. The van der Waals surface area contributed by atoms with Crippen LogP contribution in [0.1, 0.15) is 0 Å². The van der Waals surface area contributed by atoms with Crippen LogP contribution in [0, 0.1) is 0 Å².